The number of nitrogens with zero attached hydrogens (tertiary/aromatic N) is 1. The van der Waals surface area contributed by atoms with Crippen molar-refractivity contribution in [3.63, 3.8) is 0 Å². The average molecular weight is 248 g/mol. The van der Waals surface area contributed by atoms with E-state index in [1.807, 2.05) is 12.1 Å². The third-order valence-corrected chi connectivity index (χ3v) is 3.81. The molecule has 0 atom stereocenters. The lowest BCUT2D eigenvalue weighted by Crippen LogP contribution is -2.40. The van der Waals surface area contributed by atoms with Crippen molar-refractivity contribution in [1.29, 1.82) is 0 Å². The van der Waals surface area contributed by atoms with Crippen LogP contribution in [0, 0.1) is 0 Å². The van der Waals surface area contributed by atoms with Crippen molar-refractivity contribution in [1.82, 2.24) is 4.90 Å². The Morgan fingerprint density at radius 1 is 1.22 bits per heavy atom. The minimum absolute atomic E-state index is 0.352. The topological polar surface area (TPSA) is 47.7 Å². The molecule has 2 aliphatic rings. The summed E-state index contributed by atoms with van der Waals surface area (Å²) in [4.78, 5) is 2.48. The minimum atomic E-state index is 0.352. The predicted molar refractivity (Wildman–Crippen MR) is 69.9 cm³/mol. The number of benzene rings is 1. The van der Waals surface area contributed by atoms with Gasteiger partial charge < -0.3 is 20.1 Å². The normalized spacial score (nSPS) is 20.3. The Bertz CT molecular complexity index is 414. The van der Waals surface area contributed by atoms with E-state index in [4.69, 9.17) is 15.2 Å². The molecule has 1 saturated heterocycles. The van der Waals surface area contributed by atoms with Gasteiger partial charge in [-0.3, -0.25) is 0 Å². The predicted octanol–water partition coefficient (Wildman–Crippen LogP) is 1.38. The summed E-state index contributed by atoms with van der Waals surface area (Å²) in [6.45, 7) is 3.67. The van der Waals surface area contributed by atoms with Gasteiger partial charge in [0.25, 0.3) is 0 Å². The molecule has 1 aromatic carbocycles. The van der Waals surface area contributed by atoms with Gasteiger partial charge in [-0.15, -0.1) is 0 Å². The zero-order valence-electron chi connectivity index (χ0n) is 10.6. The van der Waals surface area contributed by atoms with E-state index in [1.165, 1.54) is 5.56 Å². The first-order valence-electron chi connectivity index (χ1n) is 6.68. The van der Waals surface area contributed by atoms with E-state index in [0.717, 1.165) is 50.4 Å². The molecule has 1 fully saturated rings. The first kappa shape index (κ1) is 11.8. The van der Waals surface area contributed by atoms with Crippen LogP contribution in [0.1, 0.15) is 18.4 Å². The molecule has 2 heterocycles. The molecule has 0 amide bonds. The van der Waals surface area contributed by atoms with Crippen molar-refractivity contribution in [3.05, 3.63) is 23.8 Å². The van der Waals surface area contributed by atoms with Gasteiger partial charge in [-0.1, -0.05) is 12.1 Å². The molecule has 0 saturated carbocycles. The molecule has 0 aliphatic carbocycles. The summed E-state index contributed by atoms with van der Waals surface area (Å²) in [6.07, 6.45) is 3.25. The van der Waals surface area contributed by atoms with Gasteiger partial charge in [-0.05, 0) is 44.0 Å². The van der Waals surface area contributed by atoms with Crippen LogP contribution in [0.2, 0.25) is 0 Å². The zero-order valence-corrected chi connectivity index (χ0v) is 10.6. The quantitative estimate of drug-likeness (QED) is 0.878. The van der Waals surface area contributed by atoms with Gasteiger partial charge in [0.05, 0.1) is 0 Å². The molecule has 0 spiro atoms. The summed E-state index contributed by atoms with van der Waals surface area (Å²) in [5.74, 6) is 1.82. The van der Waals surface area contributed by atoms with Crippen LogP contribution in [-0.4, -0.2) is 37.4 Å². The smallest absolute Gasteiger partial charge is 0.231 e. The highest BCUT2D eigenvalue weighted by atomic mass is 16.7. The first-order valence-corrected chi connectivity index (χ1v) is 6.68. The summed E-state index contributed by atoms with van der Waals surface area (Å²) in [6, 6.07) is 6.53. The summed E-state index contributed by atoms with van der Waals surface area (Å²) in [7, 11) is 0. The number of rotatable bonds is 3. The lowest BCUT2D eigenvalue weighted by Gasteiger charge is -2.30. The lowest BCUT2D eigenvalue weighted by atomic mass is 10.0. The summed E-state index contributed by atoms with van der Waals surface area (Å²) in [5.41, 5.74) is 7.16. The van der Waals surface area contributed by atoms with E-state index in [2.05, 4.69) is 11.0 Å². The van der Waals surface area contributed by atoms with Gasteiger partial charge >= 0.3 is 0 Å². The highest BCUT2D eigenvalue weighted by Crippen LogP contribution is 2.35. The number of hydrogen-bond donors (Lipinski definition) is 1. The fraction of sp³-hybridized carbons (Fsp3) is 0.571. The maximum atomic E-state index is 5.91. The number of likely N-dealkylation sites (tertiary alicyclic amines) is 1. The SMILES string of the molecule is NC1CCN(CCc2cccc3c2OCO3)CC1. The van der Waals surface area contributed by atoms with Crippen molar-refractivity contribution in [3.8, 4) is 11.5 Å². The number of piperidine rings is 1. The maximum Gasteiger partial charge on any atom is 0.231 e. The number of para-hydroxylation sites is 1. The third-order valence-electron chi connectivity index (χ3n) is 3.81. The molecule has 0 unspecified atom stereocenters. The van der Waals surface area contributed by atoms with Crippen LogP contribution >= 0.6 is 0 Å². The van der Waals surface area contributed by atoms with Crippen LogP contribution in [0.15, 0.2) is 18.2 Å². The molecule has 98 valence electrons. The number of ether oxygens (including phenoxy) is 2. The minimum Gasteiger partial charge on any atom is -0.454 e. The Morgan fingerprint density at radius 2 is 2.06 bits per heavy atom. The van der Waals surface area contributed by atoms with Crippen molar-refractivity contribution in [2.24, 2.45) is 5.73 Å². The molecule has 0 aromatic heterocycles. The van der Waals surface area contributed by atoms with Crippen molar-refractivity contribution >= 4 is 0 Å². The maximum absolute atomic E-state index is 5.91. The van der Waals surface area contributed by atoms with Gasteiger partial charge in [-0.2, -0.15) is 0 Å². The van der Waals surface area contributed by atoms with E-state index < -0.39 is 0 Å². The lowest BCUT2D eigenvalue weighted by molar-refractivity contribution is 0.172. The Kier molecular flexibility index (Phi) is 3.39. The molecule has 0 bridgehead atoms. The molecule has 0 radical (unpaired) electrons. The number of hydrogen-bond acceptors (Lipinski definition) is 4. The van der Waals surface area contributed by atoms with Crippen LogP contribution in [0.5, 0.6) is 11.5 Å². The van der Waals surface area contributed by atoms with Crippen molar-refractivity contribution in [2.45, 2.75) is 25.3 Å². The van der Waals surface area contributed by atoms with E-state index in [1.54, 1.807) is 0 Å². The molecule has 3 rings (SSSR count). The second-order valence-electron chi connectivity index (χ2n) is 5.08. The standard InChI is InChI=1S/C14H20N2O2/c15-12-5-8-16(9-6-12)7-4-11-2-1-3-13-14(11)18-10-17-13/h1-3,12H,4-10,15H2. The van der Waals surface area contributed by atoms with Crippen LogP contribution in [0.25, 0.3) is 0 Å². The van der Waals surface area contributed by atoms with Gasteiger partial charge in [0.15, 0.2) is 11.5 Å². The van der Waals surface area contributed by atoms with Crippen LogP contribution in [-0.2, 0) is 6.42 Å². The monoisotopic (exact) mass is 248 g/mol. The second-order valence-corrected chi connectivity index (χ2v) is 5.08. The van der Waals surface area contributed by atoms with Gasteiger partial charge in [-0.25, -0.2) is 0 Å². The third kappa shape index (κ3) is 2.44. The van der Waals surface area contributed by atoms with Gasteiger partial charge in [0.1, 0.15) is 0 Å². The van der Waals surface area contributed by atoms with E-state index in [0.29, 0.717) is 12.8 Å². The summed E-state index contributed by atoms with van der Waals surface area (Å²) < 4.78 is 10.9. The first-order chi connectivity index (χ1) is 8.83. The molecule has 4 heteroatoms. The van der Waals surface area contributed by atoms with Crippen molar-refractivity contribution < 1.29 is 9.47 Å². The van der Waals surface area contributed by atoms with E-state index in [9.17, 15) is 0 Å². The number of fused-ring (bicyclic) bond motifs is 1. The number of nitrogens with two attached hydrogens (primary N) is 1. The van der Waals surface area contributed by atoms with Gasteiger partial charge in [0.2, 0.25) is 6.79 Å². The average Bonchev–Trinajstić information content (AvgIpc) is 2.87. The van der Waals surface area contributed by atoms with Crippen LogP contribution in [0.4, 0.5) is 0 Å². The zero-order chi connectivity index (χ0) is 12.4. The molecular weight excluding hydrogens is 228 g/mol. The van der Waals surface area contributed by atoms with Gasteiger partial charge in [0, 0.05) is 12.6 Å². The molecule has 1 aromatic rings. The molecular formula is C14H20N2O2. The largest absolute Gasteiger partial charge is 0.454 e. The van der Waals surface area contributed by atoms with Crippen LogP contribution in [0.3, 0.4) is 0 Å². The molecule has 4 nitrogen and oxygen atoms in total. The Balaban J connectivity index is 1.59. The van der Waals surface area contributed by atoms with Crippen molar-refractivity contribution in [2.75, 3.05) is 26.4 Å². The fourth-order valence-corrected chi connectivity index (χ4v) is 2.64. The molecule has 18 heavy (non-hydrogen) atoms. The Morgan fingerprint density at radius 3 is 2.89 bits per heavy atom. The van der Waals surface area contributed by atoms with Crippen LogP contribution < -0.4 is 15.2 Å². The Hall–Kier alpha value is -1.26. The molecule has 2 aliphatic heterocycles. The highest BCUT2D eigenvalue weighted by Gasteiger charge is 2.19. The summed E-state index contributed by atoms with van der Waals surface area (Å²) in [5, 5.41) is 0. The fourth-order valence-electron chi connectivity index (χ4n) is 2.64. The second kappa shape index (κ2) is 5.16. The summed E-state index contributed by atoms with van der Waals surface area (Å²) >= 11 is 0. The highest BCUT2D eigenvalue weighted by molar-refractivity contribution is 5.48. The molecule has 2 N–H and O–H groups in total. The van der Waals surface area contributed by atoms with E-state index >= 15 is 0 Å². The Labute approximate surface area is 108 Å². The van der Waals surface area contributed by atoms with E-state index in [-0.39, 0.29) is 0 Å².